The van der Waals surface area contributed by atoms with E-state index in [9.17, 15) is 43.2 Å². The molecule has 598 valence electrons. The van der Waals surface area contributed by atoms with E-state index in [1.165, 1.54) is 0 Å². The molecule has 0 aromatic rings. The van der Waals surface area contributed by atoms with E-state index in [-0.39, 0.29) is 25.7 Å². The molecule has 106 heavy (non-hydrogen) atoms. The Kier molecular flexibility index (Phi) is 72.6. The van der Waals surface area contributed by atoms with Crippen molar-refractivity contribution in [2.45, 2.75) is 290 Å². The topological polar surface area (TPSA) is 237 Å². The second-order valence-corrected chi connectivity index (χ2v) is 28.4. The van der Waals surface area contributed by atoms with Crippen LogP contribution in [0.5, 0.6) is 0 Å². The molecule has 0 bridgehead atoms. The van der Waals surface area contributed by atoms with Crippen LogP contribution >= 0.6 is 15.6 Å². The number of hydrogen-bond donors (Lipinski definition) is 3. The van der Waals surface area contributed by atoms with E-state index >= 15 is 0 Å². The zero-order chi connectivity index (χ0) is 77.4. The zero-order valence-electron chi connectivity index (χ0n) is 65.3. The van der Waals surface area contributed by atoms with Gasteiger partial charge in [-0.2, -0.15) is 0 Å². The molecule has 0 aliphatic rings. The van der Waals surface area contributed by atoms with Crippen LogP contribution in [0.3, 0.4) is 0 Å². The lowest BCUT2D eigenvalue weighted by Crippen LogP contribution is -2.30. The number of unbranched alkanes of at least 4 members (excludes halogenated alkanes) is 14. The summed E-state index contributed by atoms with van der Waals surface area (Å²) in [5, 5.41) is 10.6. The number of aliphatic hydroxyl groups excluding tert-OH is 1. The second kappa shape index (κ2) is 77.1. The summed E-state index contributed by atoms with van der Waals surface area (Å²) in [6.45, 7) is 4.28. The summed E-state index contributed by atoms with van der Waals surface area (Å²) in [6, 6.07) is 0. The molecule has 0 aromatic heterocycles. The molecule has 0 aromatic carbocycles. The van der Waals surface area contributed by atoms with Gasteiger partial charge in [-0.1, -0.05) is 273 Å². The van der Waals surface area contributed by atoms with Crippen LogP contribution < -0.4 is 0 Å². The molecule has 0 spiro atoms. The fraction of sp³-hybridized carbons (Fsp3) is 0.586. The maximum atomic E-state index is 13.1. The average molecular weight is 1520 g/mol. The fourth-order valence-electron chi connectivity index (χ4n) is 9.62. The third-order valence-electron chi connectivity index (χ3n) is 15.5. The minimum absolute atomic E-state index is 0.0251. The molecule has 0 heterocycles. The van der Waals surface area contributed by atoms with Gasteiger partial charge in [0, 0.05) is 25.7 Å². The SMILES string of the molecule is CC/C=C\C/C=C\C/C=C\C/C=C\C/C=C\C/C=C\CCC(=O)OCC(COP(=O)(O)OCC(O)COP(=O)(O)OCC(COC(=O)CCCCC/C=C\C/C=C\C/C=C\C/C=C\C/C=C\CC)OC(=O)CCCCCCC/C=C\C/C=C\C/C=C\CC)OC(=O)CCCCCCC/C=C\C/C=C\CCC. The molecule has 0 saturated carbocycles. The van der Waals surface area contributed by atoms with Gasteiger partial charge in [-0.15, -0.1) is 0 Å². The number of carbonyl (C=O) groups is 4. The molecular weight excluding hydrogens is 1380 g/mol. The van der Waals surface area contributed by atoms with Gasteiger partial charge in [-0.05, 0) is 167 Å². The Balaban J connectivity index is 5.48. The van der Waals surface area contributed by atoms with Crippen LogP contribution in [-0.2, 0) is 65.4 Å². The third-order valence-corrected chi connectivity index (χ3v) is 17.4. The van der Waals surface area contributed by atoms with E-state index < -0.39 is 97.5 Å². The summed E-state index contributed by atoms with van der Waals surface area (Å²) in [5.41, 5.74) is 0. The summed E-state index contributed by atoms with van der Waals surface area (Å²) in [5.74, 6) is -2.37. The quantitative estimate of drug-likeness (QED) is 0.0169. The number of aliphatic hydroxyl groups is 1. The van der Waals surface area contributed by atoms with E-state index in [0.717, 1.165) is 186 Å². The van der Waals surface area contributed by atoms with E-state index in [4.69, 9.17) is 37.0 Å². The van der Waals surface area contributed by atoms with E-state index in [1.807, 2.05) is 18.2 Å². The molecule has 0 fully saturated rings. The van der Waals surface area contributed by atoms with Gasteiger partial charge in [-0.3, -0.25) is 37.3 Å². The Hall–Kier alpha value is -6.10. The van der Waals surface area contributed by atoms with Crippen molar-refractivity contribution < 1.29 is 80.2 Å². The first-order chi connectivity index (χ1) is 51.7. The third kappa shape index (κ3) is 76.1. The summed E-state index contributed by atoms with van der Waals surface area (Å²) < 4.78 is 68.5. The number of phosphoric acid groups is 2. The van der Waals surface area contributed by atoms with E-state index in [0.29, 0.717) is 32.1 Å². The highest BCUT2D eigenvalue weighted by Crippen LogP contribution is 2.45. The Morgan fingerprint density at radius 1 is 0.274 bits per heavy atom. The smallest absolute Gasteiger partial charge is 0.462 e. The molecule has 0 aliphatic heterocycles. The summed E-state index contributed by atoms with van der Waals surface area (Å²) in [7, 11) is -10.0. The van der Waals surface area contributed by atoms with Crippen LogP contribution in [0.2, 0.25) is 0 Å². The zero-order valence-corrected chi connectivity index (χ0v) is 67.1. The number of ether oxygens (including phenoxy) is 4. The van der Waals surface area contributed by atoms with Crippen LogP contribution in [0.15, 0.2) is 194 Å². The van der Waals surface area contributed by atoms with Gasteiger partial charge in [0.05, 0.1) is 26.4 Å². The molecule has 0 saturated heterocycles. The summed E-state index contributed by atoms with van der Waals surface area (Å²) >= 11 is 0. The van der Waals surface area contributed by atoms with Crippen molar-refractivity contribution in [3.63, 3.8) is 0 Å². The molecule has 0 amide bonds. The normalized spacial score (nSPS) is 14.9. The minimum Gasteiger partial charge on any atom is -0.462 e. The van der Waals surface area contributed by atoms with Gasteiger partial charge < -0.3 is 33.8 Å². The Morgan fingerprint density at radius 2 is 0.509 bits per heavy atom. The standard InChI is InChI=1S/C87H138O17P2/c1-5-9-13-17-21-25-29-33-36-38-40-42-45-48-51-55-59-63-67-71-84(89)97-77-82(103-86(91)73-69-65-61-57-53-47-32-28-24-20-16-12-8-4)79-101-105(93,94)99-75-81(88)76-100-106(95,96)102-80-83(104-87(92)74-70-66-62-58-54-50-44-35-31-27-23-19-15-11-7-3)78-98-85(90)72-68-64-60-56-52-49-46-43-41-39-37-34-30-26-22-18-14-10-6-2/h9-11,13-16,20-23,25-28,32-37,40-44,48-49,51-52,59,63,81-83,88H,5-8,12,17-19,24,29-31,38-39,45-47,50,53-58,60-62,64-80H2,1-4H3,(H,93,94)(H,95,96)/b13-9-,14-10-,15-11-,20-16-,25-21-,26-22-,27-23-,32-28-,36-33-,37-34-,42-40-,43-41-,44-35-,51-48-,52-49-,63-59-. The molecule has 0 rings (SSSR count). The number of carbonyl (C=O) groups excluding carboxylic acids is 4. The lowest BCUT2D eigenvalue weighted by molar-refractivity contribution is -0.161. The predicted octanol–water partition coefficient (Wildman–Crippen LogP) is 23.3. The summed E-state index contributed by atoms with van der Waals surface area (Å²) in [4.78, 5) is 73.0. The van der Waals surface area contributed by atoms with Crippen LogP contribution in [0.1, 0.15) is 272 Å². The monoisotopic (exact) mass is 1520 g/mol. The number of rotatable bonds is 72. The first kappa shape index (κ1) is 99.9. The van der Waals surface area contributed by atoms with E-state index in [1.54, 1.807) is 0 Å². The van der Waals surface area contributed by atoms with Crippen LogP contribution in [0.25, 0.3) is 0 Å². The van der Waals surface area contributed by atoms with Gasteiger partial charge in [0.15, 0.2) is 12.2 Å². The van der Waals surface area contributed by atoms with Crippen molar-refractivity contribution in [1.29, 1.82) is 0 Å². The Morgan fingerprint density at radius 3 is 0.821 bits per heavy atom. The van der Waals surface area contributed by atoms with E-state index in [2.05, 4.69) is 204 Å². The largest absolute Gasteiger partial charge is 0.472 e. The van der Waals surface area contributed by atoms with Crippen LogP contribution in [0, 0.1) is 0 Å². The highest BCUT2D eigenvalue weighted by atomic mass is 31.2. The lowest BCUT2D eigenvalue weighted by atomic mass is 10.1. The average Bonchev–Trinajstić information content (AvgIpc) is 0.901. The number of allylic oxidation sites excluding steroid dienone is 32. The molecule has 0 aliphatic carbocycles. The van der Waals surface area contributed by atoms with Crippen molar-refractivity contribution in [3.8, 4) is 0 Å². The molecule has 19 heteroatoms. The van der Waals surface area contributed by atoms with Crippen LogP contribution in [0.4, 0.5) is 0 Å². The maximum Gasteiger partial charge on any atom is 0.472 e. The molecule has 5 unspecified atom stereocenters. The second-order valence-electron chi connectivity index (χ2n) is 25.5. The highest BCUT2D eigenvalue weighted by Gasteiger charge is 2.30. The number of esters is 4. The Labute approximate surface area is 640 Å². The molecular formula is C87H138O17P2. The number of hydrogen-bond acceptors (Lipinski definition) is 15. The molecule has 0 radical (unpaired) electrons. The minimum atomic E-state index is -5.01. The van der Waals surface area contributed by atoms with Gasteiger partial charge in [0.2, 0.25) is 0 Å². The van der Waals surface area contributed by atoms with Crippen molar-refractivity contribution in [2.24, 2.45) is 0 Å². The fourth-order valence-corrected chi connectivity index (χ4v) is 11.2. The maximum absolute atomic E-state index is 13.1. The first-order valence-corrected chi connectivity index (χ1v) is 42.7. The van der Waals surface area contributed by atoms with Crippen molar-refractivity contribution >= 4 is 39.5 Å². The van der Waals surface area contributed by atoms with Crippen molar-refractivity contribution in [1.82, 2.24) is 0 Å². The summed E-state index contributed by atoms with van der Waals surface area (Å²) in [6.07, 6.45) is 94.3. The Bertz CT molecular complexity index is 2780. The van der Waals surface area contributed by atoms with Gasteiger partial charge in [0.1, 0.15) is 19.3 Å². The van der Waals surface area contributed by atoms with Crippen LogP contribution in [-0.4, -0.2) is 96.7 Å². The highest BCUT2D eigenvalue weighted by molar-refractivity contribution is 7.47. The number of phosphoric ester groups is 2. The van der Waals surface area contributed by atoms with Crippen molar-refractivity contribution in [2.75, 3.05) is 39.6 Å². The van der Waals surface area contributed by atoms with Gasteiger partial charge in [-0.25, -0.2) is 9.13 Å². The predicted molar refractivity (Wildman–Crippen MR) is 436 cm³/mol. The molecule has 3 N–H and O–H groups in total. The lowest BCUT2D eigenvalue weighted by Gasteiger charge is -2.21. The van der Waals surface area contributed by atoms with Gasteiger partial charge in [0.25, 0.3) is 0 Å². The van der Waals surface area contributed by atoms with Gasteiger partial charge >= 0.3 is 39.5 Å². The first-order valence-electron chi connectivity index (χ1n) is 39.7. The van der Waals surface area contributed by atoms with Crippen molar-refractivity contribution in [3.05, 3.63) is 194 Å². The molecule has 5 atom stereocenters. The molecule has 17 nitrogen and oxygen atoms in total.